The predicted octanol–water partition coefficient (Wildman–Crippen LogP) is 4.31. The Hall–Kier alpha value is -1.63. The third-order valence-electron chi connectivity index (χ3n) is 5.72. The molecule has 1 aromatic carbocycles. The summed E-state index contributed by atoms with van der Waals surface area (Å²) >= 11 is 6.45. The molecule has 0 aliphatic carbocycles. The Morgan fingerprint density at radius 3 is 3.00 bits per heavy atom. The summed E-state index contributed by atoms with van der Waals surface area (Å²) in [5.74, 6) is 2.40. The van der Waals surface area contributed by atoms with Crippen molar-refractivity contribution < 1.29 is 14.0 Å². The minimum absolute atomic E-state index is 0.0149. The molecule has 4 rings (SSSR count). The lowest BCUT2D eigenvalue weighted by Gasteiger charge is -2.33. The van der Waals surface area contributed by atoms with Crippen LogP contribution in [0.25, 0.3) is 0 Å². The molecule has 1 saturated heterocycles. The first kappa shape index (κ1) is 19.7. The van der Waals surface area contributed by atoms with E-state index in [1.54, 1.807) is 7.11 Å². The summed E-state index contributed by atoms with van der Waals surface area (Å²) in [4.78, 5) is 7.03. The highest BCUT2D eigenvalue weighted by atomic mass is 35.5. The van der Waals surface area contributed by atoms with Crippen LogP contribution in [0.4, 0.5) is 0 Å². The van der Waals surface area contributed by atoms with Crippen LogP contribution in [0.15, 0.2) is 16.7 Å². The molecule has 0 saturated carbocycles. The fourth-order valence-corrected chi connectivity index (χ4v) is 4.39. The van der Waals surface area contributed by atoms with Gasteiger partial charge in [0.1, 0.15) is 5.75 Å². The third-order valence-corrected chi connectivity index (χ3v) is 5.94. The topological polar surface area (TPSA) is 60.6 Å². The van der Waals surface area contributed by atoms with Crippen molar-refractivity contribution in [2.75, 3.05) is 26.9 Å². The lowest BCUT2D eigenvalue weighted by molar-refractivity contribution is 0.110. The molecule has 0 bridgehead atoms. The van der Waals surface area contributed by atoms with Crippen molar-refractivity contribution >= 4 is 11.6 Å². The molecule has 28 heavy (non-hydrogen) atoms. The van der Waals surface area contributed by atoms with E-state index in [4.69, 9.17) is 25.6 Å². The van der Waals surface area contributed by atoms with Crippen molar-refractivity contribution in [3.63, 3.8) is 0 Å². The molecule has 6 nitrogen and oxygen atoms in total. The summed E-state index contributed by atoms with van der Waals surface area (Å²) in [5.41, 5.74) is 2.32. The molecule has 1 aromatic heterocycles. The highest BCUT2D eigenvalue weighted by molar-refractivity contribution is 6.30. The van der Waals surface area contributed by atoms with Gasteiger partial charge in [-0.05, 0) is 31.5 Å². The first-order valence-electron chi connectivity index (χ1n) is 9.99. The molecule has 0 N–H and O–H groups in total. The molecule has 2 aliphatic heterocycles. The largest absolute Gasteiger partial charge is 0.492 e. The zero-order valence-corrected chi connectivity index (χ0v) is 17.6. The van der Waals surface area contributed by atoms with Crippen LogP contribution in [0.1, 0.15) is 62.0 Å². The average Bonchev–Trinajstić information content (AvgIpc) is 3.25. The van der Waals surface area contributed by atoms with Gasteiger partial charge < -0.3 is 14.0 Å². The van der Waals surface area contributed by atoms with Gasteiger partial charge in [0.25, 0.3) is 0 Å². The van der Waals surface area contributed by atoms with Crippen LogP contribution in [0.5, 0.6) is 5.75 Å². The monoisotopic (exact) mass is 405 g/mol. The van der Waals surface area contributed by atoms with Gasteiger partial charge >= 0.3 is 0 Å². The minimum Gasteiger partial charge on any atom is -0.492 e. The van der Waals surface area contributed by atoms with Crippen LogP contribution in [0.2, 0.25) is 5.02 Å². The lowest BCUT2D eigenvalue weighted by Crippen LogP contribution is -2.33. The average molecular weight is 406 g/mol. The molecule has 1 atom stereocenters. The second-order valence-electron chi connectivity index (χ2n) is 8.39. The van der Waals surface area contributed by atoms with Crippen LogP contribution in [0, 0.1) is 0 Å². The van der Waals surface area contributed by atoms with Crippen LogP contribution in [-0.2, 0) is 23.1 Å². The molecule has 1 fully saturated rings. The van der Waals surface area contributed by atoms with E-state index in [0.29, 0.717) is 31.3 Å². The van der Waals surface area contributed by atoms with Crippen LogP contribution >= 0.6 is 11.6 Å². The highest BCUT2D eigenvalue weighted by Crippen LogP contribution is 2.43. The maximum Gasteiger partial charge on any atom is 0.244 e. The number of halogens is 1. The van der Waals surface area contributed by atoms with E-state index >= 15 is 0 Å². The SMILES string of the molecule is COCCc1noc(C2CCCCN2Cc2cc(Cl)cc3c2OCC3(C)C)n1. The Morgan fingerprint density at radius 2 is 2.18 bits per heavy atom. The molecule has 1 unspecified atom stereocenters. The van der Waals surface area contributed by atoms with Crippen molar-refractivity contribution in [3.8, 4) is 5.75 Å². The van der Waals surface area contributed by atoms with Crippen molar-refractivity contribution in [1.29, 1.82) is 0 Å². The second-order valence-corrected chi connectivity index (χ2v) is 8.82. The van der Waals surface area contributed by atoms with E-state index in [2.05, 4.69) is 28.9 Å². The molecular formula is C21H28ClN3O3. The van der Waals surface area contributed by atoms with Gasteiger partial charge in [0, 0.05) is 41.6 Å². The molecule has 152 valence electrons. The van der Waals surface area contributed by atoms with E-state index in [1.165, 1.54) is 5.56 Å². The Kier molecular flexibility index (Phi) is 5.63. The molecule has 2 aromatic rings. The maximum absolute atomic E-state index is 6.45. The van der Waals surface area contributed by atoms with E-state index < -0.39 is 0 Å². The number of hydrogen-bond donors (Lipinski definition) is 0. The summed E-state index contributed by atoms with van der Waals surface area (Å²) in [6.07, 6.45) is 4.00. The number of fused-ring (bicyclic) bond motifs is 1. The van der Waals surface area contributed by atoms with Gasteiger partial charge in [-0.15, -0.1) is 0 Å². The number of hydrogen-bond acceptors (Lipinski definition) is 6. The summed E-state index contributed by atoms with van der Waals surface area (Å²) < 4.78 is 16.8. The maximum atomic E-state index is 6.45. The van der Waals surface area contributed by atoms with Gasteiger partial charge in [0.15, 0.2) is 5.82 Å². The fraction of sp³-hybridized carbons (Fsp3) is 0.619. The van der Waals surface area contributed by atoms with Gasteiger partial charge in [0.2, 0.25) is 5.89 Å². The Balaban J connectivity index is 1.57. The molecule has 2 aliphatic rings. The number of aromatic nitrogens is 2. The Morgan fingerprint density at radius 1 is 1.32 bits per heavy atom. The van der Waals surface area contributed by atoms with Gasteiger partial charge in [-0.3, -0.25) is 4.90 Å². The van der Waals surface area contributed by atoms with Crippen molar-refractivity contribution in [1.82, 2.24) is 15.0 Å². The fourth-order valence-electron chi connectivity index (χ4n) is 4.15. The van der Waals surface area contributed by atoms with Gasteiger partial charge in [-0.1, -0.05) is 37.0 Å². The molecular weight excluding hydrogens is 378 g/mol. The molecule has 0 spiro atoms. The predicted molar refractivity (Wildman–Crippen MR) is 107 cm³/mol. The minimum atomic E-state index is -0.0149. The Bertz CT molecular complexity index is 836. The van der Waals surface area contributed by atoms with Crippen LogP contribution in [-0.4, -0.2) is 41.9 Å². The lowest BCUT2D eigenvalue weighted by atomic mass is 9.86. The first-order chi connectivity index (χ1) is 13.5. The zero-order chi connectivity index (χ0) is 19.7. The zero-order valence-electron chi connectivity index (χ0n) is 16.8. The normalized spacial score (nSPS) is 21.5. The highest BCUT2D eigenvalue weighted by Gasteiger charge is 2.35. The van der Waals surface area contributed by atoms with Crippen LogP contribution < -0.4 is 4.74 Å². The molecule has 7 heteroatoms. The summed E-state index contributed by atoms with van der Waals surface area (Å²) in [5, 5.41) is 4.89. The van der Waals surface area contributed by atoms with E-state index in [9.17, 15) is 0 Å². The number of piperidine rings is 1. The Labute approximate surface area is 171 Å². The number of ether oxygens (including phenoxy) is 2. The number of benzene rings is 1. The van der Waals surface area contributed by atoms with Crippen molar-refractivity contribution in [2.24, 2.45) is 0 Å². The number of methoxy groups -OCH3 is 1. The quantitative estimate of drug-likeness (QED) is 0.713. The van der Waals surface area contributed by atoms with E-state index in [-0.39, 0.29) is 11.5 Å². The molecule has 0 amide bonds. The smallest absolute Gasteiger partial charge is 0.244 e. The second kappa shape index (κ2) is 8.01. The van der Waals surface area contributed by atoms with E-state index in [0.717, 1.165) is 48.7 Å². The molecule has 0 radical (unpaired) electrons. The molecule has 3 heterocycles. The number of rotatable bonds is 6. The summed E-state index contributed by atoms with van der Waals surface area (Å²) in [6.45, 7) is 7.43. The number of nitrogens with zero attached hydrogens (tertiary/aromatic N) is 3. The van der Waals surface area contributed by atoms with Gasteiger partial charge in [-0.2, -0.15) is 4.98 Å². The number of likely N-dealkylation sites (tertiary alicyclic amines) is 1. The third kappa shape index (κ3) is 3.91. The van der Waals surface area contributed by atoms with Gasteiger partial charge in [-0.25, -0.2) is 0 Å². The summed E-state index contributed by atoms with van der Waals surface area (Å²) in [6, 6.07) is 4.20. The first-order valence-corrected chi connectivity index (χ1v) is 10.4. The van der Waals surface area contributed by atoms with Crippen LogP contribution in [0.3, 0.4) is 0 Å². The van der Waals surface area contributed by atoms with E-state index in [1.807, 2.05) is 12.1 Å². The van der Waals surface area contributed by atoms with Crippen molar-refractivity contribution in [3.05, 3.63) is 40.0 Å². The summed E-state index contributed by atoms with van der Waals surface area (Å²) in [7, 11) is 1.68. The van der Waals surface area contributed by atoms with Crippen molar-refractivity contribution in [2.45, 2.75) is 57.5 Å². The van der Waals surface area contributed by atoms with Gasteiger partial charge in [0.05, 0.1) is 19.3 Å². The standard InChI is InChI=1S/C21H28ClN3O3/c1-21(2)13-27-19-14(10-15(22)11-16(19)21)12-25-8-5-4-6-17(25)20-23-18(24-28-20)7-9-26-3/h10-11,17H,4-9,12-13H2,1-3H3.